The molecular formula is C47H61N3O26. The van der Waals surface area contributed by atoms with Crippen molar-refractivity contribution in [2.24, 2.45) is 28.1 Å². The van der Waals surface area contributed by atoms with Crippen LogP contribution in [0.5, 0.6) is 0 Å². The van der Waals surface area contributed by atoms with Gasteiger partial charge in [0.05, 0.1) is 11.0 Å². The number of rotatable bonds is 15. The van der Waals surface area contributed by atoms with Crippen molar-refractivity contribution in [3.63, 3.8) is 0 Å². The molecule has 2 bridgehead atoms. The molecule has 16 atom stereocenters. The highest BCUT2D eigenvalue weighted by Gasteiger charge is 2.69. The maximum absolute atomic E-state index is 14.2. The number of carbonyl (C=O) groups is 9. The first-order chi connectivity index (χ1) is 35.3. The third-order valence-corrected chi connectivity index (χ3v) is 15.7. The molecule has 420 valence electrons. The number of hydrogen-bond acceptors (Lipinski definition) is 21. The van der Waals surface area contributed by atoms with Crippen molar-refractivity contribution in [2.75, 3.05) is 13.2 Å². The normalized spacial score (nSPS) is 36.1. The van der Waals surface area contributed by atoms with E-state index in [4.69, 9.17) is 52.1 Å². The Morgan fingerprint density at radius 2 is 1.18 bits per heavy atom. The van der Waals surface area contributed by atoms with Crippen molar-refractivity contribution in [2.45, 2.75) is 153 Å². The van der Waals surface area contributed by atoms with Gasteiger partial charge in [-0.1, -0.05) is 34.3 Å². The van der Waals surface area contributed by atoms with Gasteiger partial charge in [-0.25, -0.2) is 28.8 Å². The van der Waals surface area contributed by atoms with Crippen LogP contribution in [0.3, 0.4) is 0 Å². The number of hydrazine groups is 1. The van der Waals surface area contributed by atoms with Crippen LogP contribution in [0.1, 0.15) is 96.3 Å². The van der Waals surface area contributed by atoms with E-state index >= 15 is 0 Å². The molecule has 1 spiro atoms. The minimum atomic E-state index is -2.41. The second-order valence-electron chi connectivity index (χ2n) is 19.8. The minimum Gasteiger partial charge on any atom is -0.463 e. The number of esters is 1. The van der Waals surface area contributed by atoms with E-state index in [-0.39, 0.29) is 38.0 Å². The average Bonchev–Trinajstić information content (AvgIpc) is 3.54. The van der Waals surface area contributed by atoms with Crippen LogP contribution in [0.4, 0.5) is 28.8 Å². The molecule has 29 nitrogen and oxygen atoms in total. The van der Waals surface area contributed by atoms with E-state index in [0.29, 0.717) is 49.7 Å². The Morgan fingerprint density at radius 3 is 1.75 bits per heavy atom. The molecule has 0 radical (unpaired) electrons. The number of nitrogens with zero attached hydrogens (tertiary/aromatic N) is 1. The average molecular weight is 1080 g/mol. The summed E-state index contributed by atoms with van der Waals surface area (Å²) in [5, 5.41) is 58.8. The van der Waals surface area contributed by atoms with Gasteiger partial charge in [-0.05, 0) is 91.7 Å². The Labute approximate surface area is 432 Å². The molecule has 2 saturated heterocycles. The van der Waals surface area contributed by atoms with E-state index in [1.165, 1.54) is 24.5 Å². The van der Waals surface area contributed by atoms with Crippen molar-refractivity contribution in [1.29, 1.82) is 0 Å². The van der Waals surface area contributed by atoms with Crippen LogP contribution < -0.4 is 10.9 Å². The van der Waals surface area contributed by atoms with Crippen LogP contribution in [-0.4, -0.2) is 171 Å². The number of carboxylic acid groups (broad SMARTS) is 6. The molecule has 4 saturated carbocycles. The first kappa shape index (κ1) is 58.0. The van der Waals surface area contributed by atoms with Crippen molar-refractivity contribution in [3.8, 4) is 0 Å². The van der Waals surface area contributed by atoms with Gasteiger partial charge in [0.1, 0.15) is 25.4 Å². The molecule has 76 heavy (non-hydrogen) atoms. The Kier molecular flexibility index (Phi) is 17.5. The number of amides is 2. The van der Waals surface area contributed by atoms with Crippen molar-refractivity contribution >= 4 is 54.7 Å². The molecule has 3 heterocycles. The number of pyridine rings is 1. The standard InChI is InChI=1S/C46H57N3O26.CH4/c1-20-16-45-12-6-25-43(3,10-5-11-44(25,4)36(52)49-48-33(51)22-8-14-47-15-9-22)26(45)7-13-46(20,19-45)75-35-32(30(73-41(61)62)28(71-39(57)58)24(68-35)18-66-37(53)54)69-34-31(74-42(63)64)29(72-40(59)60)27(70-38(55)56)23(67-34)17-65-21(2)50;/h8-9,14-15,23-32,34-35H,1,5-7,10-13,16-19H2,2-4H3,(H,48,51)(H,49,52)(H,53,54)(H,55,56)(H,57,58)(H,59,60)(H,61,62)(H,63,64);1H4/t23-,24-,25?,26?,27-,28-,29+,30+,31-,32-,34?,35+,43-,44-,45-,46+;/m1./s1. The quantitative estimate of drug-likeness (QED) is 0.0377. The molecule has 8 N–H and O–H groups in total. The summed E-state index contributed by atoms with van der Waals surface area (Å²) < 4.78 is 60.0. The topological polar surface area (TPSA) is 413 Å². The molecule has 1 aromatic heterocycles. The Bertz CT molecular complexity index is 2410. The summed E-state index contributed by atoms with van der Waals surface area (Å²) in [7, 11) is 0. The largest absolute Gasteiger partial charge is 0.506 e. The summed E-state index contributed by atoms with van der Waals surface area (Å²) >= 11 is 0. The van der Waals surface area contributed by atoms with Gasteiger partial charge in [0, 0.05) is 24.9 Å². The monoisotopic (exact) mass is 1080 g/mol. The van der Waals surface area contributed by atoms with Gasteiger partial charge < -0.3 is 82.7 Å². The molecular weight excluding hydrogens is 1020 g/mol. The van der Waals surface area contributed by atoms with Gasteiger partial charge in [0.25, 0.3) is 5.91 Å². The maximum Gasteiger partial charge on any atom is 0.506 e. The maximum atomic E-state index is 14.2. The van der Waals surface area contributed by atoms with E-state index in [1.54, 1.807) is 0 Å². The molecule has 7 rings (SSSR count). The second-order valence-corrected chi connectivity index (χ2v) is 19.8. The zero-order valence-corrected chi connectivity index (χ0v) is 40.5. The molecule has 29 heteroatoms. The first-order valence-corrected chi connectivity index (χ1v) is 23.6. The molecule has 6 fully saturated rings. The van der Waals surface area contributed by atoms with Crippen LogP contribution in [0.2, 0.25) is 0 Å². The predicted molar refractivity (Wildman–Crippen MR) is 244 cm³/mol. The second kappa shape index (κ2) is 22.9. The van der Waals surface area contributed by atoms with Gasteiger partial charge in [0.2, 0.25) is 5.91 Å². The minimum absolute atomic E-state index is 0. The third-order valence-electron chi connectivity index (χ3n) is 15.7. The number of nitrogens with one attached hydrogen (secondary N) is 2. The third kappa shape index (κ3) is 11.9. The molecule has 6 aliphatic rings. The fourth-order valence-corrected chi connectivity index (χ4v) is 13.0. The summed E-state index contributed by atoms with van der Waals surface area (Å²) in [6.07, 6.45) is -27.1. The highest BCUT2D eigenvalue weighted by atomic mass is 16.8. The lowest BCUT2D eigenvalue weighted by Crippen LogP contribution is -2.68. The summed E-state index contributed by atoms with van der Waals surface area (Å²) in [4.78, 5) is 116. The lowest BCUT2D eigenvalue weighted by molar-refractivity contribution is -0.377. The van der Waals surface area contributed by atoms with Crippen LogP contribution in [0.15, 0.2) is 36.7 Å². The van der Waals surface area contributed by atoms with Crippen LogP contribution in [-0.2, 0) is 61.7 Å². The van der Waals surface area contributed by atoms with Crippen molar-refractivity contribution < 1.29 is 126 Å². The van der Waals surface area contributed by atoms with Gasteiger partial charge in [-0.2, -0.15) is 0 Å². The smallest absolute Gasteiger partial charge is 0.463 e. The lowest BCUT2D eigenvalue weighted by Gasteiger charge is -2.64. The summed E-state index contributed by atoms with van der Waals surface area (Å²) in [5.74, 6) is -2.08. The molecule has 2 aliphatic heterocycles. The van der Waals surface area contributed by atoms with E-state index in [9.17, 15) is 73.8 Å². The molecule has 3 unspecified atom stereocenters. The van der Waals surface area contributed by atoms with Gasteiger partial charge >= 0.3 is 42.9 Å². The number of carbonyl (C=O) groups excluding carboxylic acids is 3. The Morgan fingerprint density at radius 1 is 0.658 bits per heavy atom. The molecule has 1 aromatic rings. The Hall–Kier alpha value is -7.24. The van der Waals surface area contributed by atoms with Crippen molar-refractivity contribution in [1.82, 2.24) is 15.8 Å². The SMILES string of the molecule is C.C=C1C[C@@]23CCC4[C@@](C)(CCC[C@@]4(C)C(=O)NNC(=O)c4ccncc4)C2CC[C@]1(O[C@@H]1O[C@H](COC(=O)O)[C@@H](OC(=O)O)[C@H](OC(=O)O)[C@H]1OC1O[C@H](COC(C)=O)[C@@H](OC(=O)O)[C@H](OC(=O)O)[C@H]1OC(=O)O)C3. The van der Waals surface area contributed by atoms with Crippen LogP contribution in [0, 0.1) is 28.1 Å². The van der Waals surface area contributed by atoms with Crippen molar-refractivity contribution in [3.05, 3.63) is 42.2 Å². The number of fused-ring (bicyclic) bond motifs is 3. The fourth-order valence-electron chi connectivity index (χ4n) is 13.0. The number of aromatic nitrogens is 1. The molecule has 2 amide bonds. The fraction of sp³-hybridized carbons (Fsp3) is 0.660. The molecule has 4 aliphatic carbocycles. The van der Waals surface area contributed by atoms with E-state index in [0.717, 1.165) is 13.3 Å². The zero-order valence-electron chi connectivity index (χ0n) is 40.5. The lowest BCUT2D eigenvalue weighted by atomic mass is 9.40. The van der Waals surface area contributed by atoms with Gasteiger partial charge in [-0.3, -0.25) is 30.2 Å². The highest BCUT2D eigenvalue weighted by molar-refractivity contribution is 5.95. The zero-order chi connectivity index (χ0) is 54.8. The van der Waals surface area contributed by atoms with E-state index in [2.05, 4.69) is 29.3 Å². The van der Waals surface area contributed by atoms with Crippen LogP contribution >= 0.6 is 0 Å². The van der Waals surface area contributed by atoms with E-state index < -0.39 is 145 Å². The summed E-state index contributed by atoms with van der Waals surface area (Å²) in [5.41, 5.74) is 2.66. The predicted octanol–water partition coefficient (Wildman–Crippen LogP) is 5.00. The number of hydrogen-bond donors (Lipinski definition) is 8. The van der Waals surface area contributed by atoms with Crippen LogP contribution in [0.25, 0.3) is 0 Å². The first-order valence-electron chi connectivity index (χ1n) is 23.6. The van der Waals surface area contributed by atoms with Gasteiger partial charge in [0.15, 0.2) is 49.2 Å². The Balaban J connectivity index is 0.00000937. The van der Waals surface area contributed by atoms with Gasteiger partial charge in [-0.15, -0.1) is 0 Å². The summed E-state index contributed by atoms with van der Waals surface area (Å²) in [6, 6.07) is 3.01. The highest BCUT2D eigenvalue weighted by Crippen LogP contribution is 2.73. The summed E-state index contributed by atoms with van der Waals surface area (Å²) in [6.45, 7) is 7.42. The number of ether oxygens (including phenoxy) is 11. The molecule has 0 aromatic carbocycles. The van der Waals surface area contributed by atoms with E-state index in [1.807, 2.05) is 6.92 Å².